The molecule has 2 aromatic carbocycles. The molecular weight excluding hydrogens is 382 g/mol. The third-order valence-corrected chi connectivity index (χ3v) is 6.44. The number of ether oxygens (including phenoxy) is 3. The van der Waals surface area contributed by atoms with E-state index in [1.54, 1.807) is 32.2 Å². The second-order valence-corrected chi connectivity index (χ2v) is 8.36. The van der Waals surface area contributed by atoms with Gasteiger partial charge in [-0.3, -0.25) is 0 Å². The standard InChI is InChI=1S/C20H23NO6S/c1-15-6-7-18(28(23,24)21-8-10-26-11-9-21)13-19(15)20(22)27-14-16-4-3-5-17(12-16)25-2/h3-7,12-13H,8-11,14H2,1-2H3. The number of hydrogen-bond donors (Lipinski definition) is 0. The van der Waals surface area contributed by atoms with Crippen LogP contribution in [0.15, 0.2) is 47.4 Å². The average molecular weight is 405 g/mol. The summed E-state index contributed by atoms with van der Waals surface area (Å²) in [4.78, 5) is 12.6. The number of rotatable bonds is 6. The molecule has 0 aromatic heterocycles. The zero-order chi connectivity index (χ0) is 20.1. The topological polar surface area (TPSA) is 82.1 Å². The second kappa shape index (κ2) is 8.72. The molecule has 1 saturated heterocycles. The van der Waals surface area contributed by atoms with E-state index >= 15 is 0 Å². The van der Waals surface area contributed by atoms with E-state index in [-0.39, 0.29) is 17.1 Å². The van der Waals surface area contributed by atoms with Crippen LogP contribution in [0.25, 0.3) is 0 Å². The van der Waals surface area contributed by atoms with E-state index < -0.39 is 16.0 Å². The Labute approximate surface area is 164 Å². The molecule has 0 amide bonds. The summed E-state index contributed by atoms with van der Waals surface area (Å²) in [6, 6.07) is 11.7. The minimum Gasteiger partial charge on any atom is -0.497 e. The van der Waals surface area contributed by atoms with Crippen LogP contribution in [0, 0.1) is 6.92 Å². The fourth-order valence-electron chi connectivity index (χ4n) is 2.91. The van der Waals surface area contributed by atoms with Gasteiger partial charge in [0.2, 0.25) is 10.0 Å². The van der Waals surface area contributed by atoms with Crippen LogP contribution in [-0.2, 0) is 26.1 Å². The maximum absolute atomic E-state index is 12.8. The Morgan fingerprint density at radius 2 is 1.89 bits per heavy atom. The fraction of sp³-hybridized carbons (Fsp3) is 0.350. The SMILES string of the molecule is COc1cccc(COC(=O)c2cc(S(=O)(=O)N3CCOCC3)ccc2C)c1. The lowest BCUT2D eigenvalue weighted by molar-refractivity contribution is 0.0471. The third kappa shape index (κ3) is 4.52. The molecule has 1 aliphatic heterocycles. The average Bonchev–Trinajstić information content (AvgIpc) is 2.73. The lowest BCUT2D eigenvalue weighted by atomic mass is 10.1. The molecule has 1 fully saturated rings. The van der Waals surface area contributed by atoms with Gasteiger partial charge < -0.3 is 14.2 Å². The molecule has 0 unspecified atom stereocenters. The molecule has 2 aromatic rings. The summed E-state index contributed by atoms with van der Waals surface area (Å²) in [5.74, 6) is 0.0997. The normalized spacial score (nSPS) is 15.2. The number of sulfonamides is 1. The van der Waals surface area contributed by atoms with Gasteiger partial charge in [-0.05, 0) is 42.3 Å². The van der Waals surface area contributed by atoms with Gasteiger partial charge in [-0.25, -0.2) is 13.2 Å². The highest BCUT2D eigenvalue weighted by atomic mass is 32.2. The Kier molecular flexibility index (Phi) is 6.33. The summed E-state index contributed by atoms with van der Waals surface area (Å²) in [5.41, 5.74) is 1.66. The Morgan fingerprint density at radius 1 is 1.14 bits per heavy atom. The minimum absolute atomic E-state index is 0.0654. The van der Waals surface area contributed by atoms with Crippen LogP contribution in [0.2, 0.25) is 0 Å². The molecule has 8 heteroatoms. The quantitative estimate of drug-likeness (QED) is 0.687. The molecule has 0 aliphatic carbocycles. The highest BCUT2D eigenvalue weighted by Crippen LogP contribution is 2.22. The van der Waals surface area contributed by atoms with Crippen molar-refractivity contribution >= 4 is 16.0 Å². The third-order valence-electron chi connectivity index (χ3n) is 4.54. The number of benzene rings is 2. The van der Waals surface area contributed by atoms with Crippen molar-refractivity contribution in [2.75, 3.05) is 33.4 Å². The first-order valence-electron chi connectivity index (χ1n) is 8.90. The number of carbonyl (C=O) groups is 1. The van der Waals surface area contributed by atoms with Gasteiger partial charge in [0.1, 0.15) is 12.4 Å². The molecule has 150 valence electrons. The molecule has 1 aliphatic rings. The summed E-state index contributed by atoms with van der Waals surface area (Å²) in [7, 11) is -2.12. The molecule has 1 heterocycles. The molecule has 7 nitrogen and oxygen atoms in total. The molecule has 0 saturated carbocycles. The van der Waals surface area contributed by atoms with Crippen LogP contribution in [0.4, 0.5) is 0 Å². The Balaban J connectivity index is 1.77. The Hall–Kier alpha value is -2.42. The van der Waals surface area contributed by atoms with E-state index in [2.05, 4.69) is 0 Å². The van der Waals surface area contributed by atoms with E-state index in [0.29, 0.717) is 37.6 Å². The van der Waals surface area contributed by atoms with Gasteiger partial charge in [0.15, 0.2) is 0 Å². The zero-order valence-electron chi connectivity index (χ0n) is 15.9. The predicted octanol–water partition coefficient (Wildman–Crippen LogP) is 2.38. The molecule has 0 radical (unpaired) electrons. The summed E-state index contributed by atoms with van der Waals surface area (Å²) in [6.07, 6.45) is 0. The number of hydrogen-bond acceptors (Lipinski definition) is 6. The molecule has 28 heavy (non-hydrogen) atoms. The van der Waals surface area contributed by atoms with Crippen molar-refractivity contribution < 1.29 is 27.4 Å². The van der Waals surface area contributed by atoms with Gasteiger partial charge in [-0.15, -0.1) is 0 Å². The maximum atomic E-state index is 12.8. The van der Waals surface area contributed by atoms with Gasteiger partial charge in [0.05, 0.1) is 30.8 Å². The molecule has 0 bridgehead atoms. The van der Waals surface area contributed by atoms with Crippen molar-refractivity contribution in [3.63, 3.8) is 0 Å². The first-order valence-corrected chi connectivity index (χ1v) is 10.3. The highest BCUT2D eigenvalue weighted by Gasteiger charge is 2.27. The number of nitrogens with zero attached hydrogens (tertiary/aromatic N) is 1. The second-order valence-electron chi connectivity index (χ2n) is 6.42. The van der Waals surface area contributed by atoms with Crippen molar-refractivity contribution in [2.24, 2.45) is 0 Å². The maximum Gasteiger partial charge on any atom is 0.338 e. The lowest BCUT2D eigenvalue weighted by Crippen LogP contribution is -2.40. The number of morpholine rings is 1. The van der Waals surface area contributed by atoms with E-state index in [4.69, 9.17) is 14.2 Å². The van der Waals surface area contributed by atoms with E-state index in [1.165, 1.54) is 16.4 Å². The van der Waals surface area contributed by atoms with E-state index in [0.717, 1.165) is 5.56 Å². The van der Waals surface area contributed by atoms with Crippen LogP contribution in [-0.4, -0.2) is 52.1 Å². The molecule has 0 spiro atoms. The fourth-order valence-corrected chi connectivity index (χ4v) is 4.34. The first kappa shape index (κ1) is 20.3. The predicted molar refractivity (Wildman–Crippen MR) is 103 cm³/mol. The van der Waals surface area contributed by atoms with Gasteiger partial charge in [-0.2, -0.15) is 4.31 Å². The summed E-state index contributed by atoms with van der Waals surface area (Å²) in [6.45, 7) is 3.13. The largest absolute Gasteiger partial charge is 0.497 e. The highest BCUT2D eigenvalue weighted by molar-refractivity contribution is 7.89. The van der Waals surface area contributed by atoms with Crippen molar-refractivity contribution in [3.8, 4) is 5.75 Å². The minimum atomic E-state index is -3.68. The van der Waals surface area contributed by atoms with Crippen molar-refractivity contribution in [2.45, 2.75) is 18.4 Å². The first-order chi connectivity index (χ1) is 13.4. The van der Waals surface area contributed by atoms with Crippen LogP contribution in [0.1, 0.15) is 21.5 Å². The Morgan fingerprint density at radius 3 is 2.61 bits per heavy atom. The van der Waals surface area contributed by atoms with Crippen LogP contribution in [0.5, 0.6) is 5.75 Å². The molecule has 3 rings (SSSR count). The van der Waals surface area contributed by atoms with Crippen molar-refractivity contribution in [1.29, 1.82) is 0 Å². The molecular formula is C20H23NO6S. The van der Waals surface area contributed by atoms with E-state index in [1.807, 2.05) is 12.1 Å². The van der Waals surface area contributed by atoms with Gasteiger partial charge in [-0.1, -0.05) is 18.2 Å². The lowest BCUT2D eigenvalue weighted by Gasteiger charge is -2.26. The monoisotopic (exact) mass is 405 g/mol. The van der Waals surface area contributed by atoms with Crippen LogP contribution >= 0.6 is 0 Å². The molecule has 0 atom stereocenters. The van der Waals surface area contributed by atoms with Crippen molar-refractivity contribution in [3.05, 3.63) is 59.2 Å². The smallest absolute Gasteiger partial charge is 0.338 e. The Bertz CT molecular complexity index is 951. The number of methoxy groups -OCH3 is 1. The summed E-state index contributed by atoms with van der Waals surface area (Å²) < 4.78 is 42.8. The summed E-state index contributed by atoms with van der Waals surface area (Å²) in [5, 5.41) is 0. The number of carbonyl (C=O) groups excluding carboxylic acids is 1. The molecule has 0 N–H and O–H groups in total. The zero-order valence-corrected chi connectivity index (χ0v) is 16.7. The van der Waals surface area contributed by atoms with Crippen LogP contribution < -0.4 is 4.74 Å². The van der Waals surface area contributed by atoms with E-state index in [9.17, 15) is 13.2 Å². The van der Waals surface area contributed by atoms with Gasteiger partial charge in [0.25, 0.3) is 0 Å². The van der Waals surface area contributed by atoms with Crippen molar-refractivity contribution in [1.82, 2.24) is 4.31 Å². The number of esters is 1. The van der Waals surface area contributed by atoms with Gasteiger partial charge in [0, 0.05) is 13.1 Å². The van der Waals surface area contributed by atoms with Gasteiger partial charge >= 0.3 is 5.97 Å². The number of aryl methyl sites for hydroxylation is 1. The van der Waals surface area contributed by atoms with Crippen LogP contribution in [0.3, 0.4) is 0 Å². The summed E-state index contributed by atoms with van der Waals surface area (Å²) >= 11 is 0.